The highest BCUT2D eigenvalue weighted by Crippen LogP contribution is 2.35. The molecule has 0 fully saturated rings. The molecule has 0 radical (unpaired) electrons. The van der Waals surface area contributed by atoms with Gasteiger partial charge in [-0.25, -0.2) is 0 Å². The minimum absolute atomic E-state index is 0.00705. The summed E-state index contributed by atoms with van der Waals surface area (Å²) in [6, 6.07) is 9.73. The van der Waals surface area contributed by atoms with Crippen LogP contribution in [0.4, 0.5) is 5.69 Å². The highest BCUT2D eigenvalue weighted by Gasteiger charge is 2.28. The first kappa shape index (κ1) is 14.1. The summed E-state index contributed by atoms with van der Waals surface area (Å²) in [4.78, 5) is 14.0. The molecule has 1 aromatic heterocycles. The number of fused-ring (bicyclic) bond motifs is 1. The first-order chi connectivity index (χ1) is 10.2. The molecule has 0 aliphatic heterocycles. The Morgan fingerprint density at radius 1 is 1.38 bits per heavy atom. The lowest BCUT2D eigenvalue weighted by Gasteiger charge is -2.24. The van der Waals surface area contributed by atoms with Crippen molar-refractivity contribution in [2.45, 2.75) is 38.1 Å². The fourth-order valence-corrected chi connectivity index (χ4v) is 4.04. The Morgan fingerprint density at radius 2 is 2.19 bits per heavy atom. The summed E-state index contributed by atoms with van der Waals surface area (Å²) in [6.45, 7) is 1.99. The Morgan fingerprint density at radius 3 is 3.00 bits per heavy atom. The summed E-state index contributed by atoms with van der Waals surface area (Å²) in [5, 5.41) is 5.22. The van der Waals surface area contributed by atoms with Crippen molar-refractivity contribution in [3.63, 3.8) is 0 Å². The zero-order valence-corrected chi connectivity index (χ0v) is 13.0. The Kier molecular flexibility index (Phi) is 3.97. The van der Waals surface area contributed by atoms with Gasteiger partial charge in [0.2, 0.25) is 5.91 Å². The molecule has 1 aromatic carbocycles. The van der Waals surface area contributed by atoms with E-state index in [1.807, 2.05) is 31.2 Å². The van der Waals surface area contributed by atoms with Crippen LogP contribution in [0.3, 0.4) is 0 Å². The largest absolute Gasteiger partial charge is 0.398 e. The van der Waals surface area contributed by atoms with Gasteiger partial charge in [0.25, 0.3) is 0 Å². The number of amides is 1. The summed E-state index contributed by atoms with van der Waals surface area (Å²) in [5.74, 6) is 0.109. The van der Waals surface area contributed by atoms with Crippen molar-refractivity contribution in [2.24, 2.45) is 0 Å². The molecule has 3 rings (SSSR count). The Bertz CT molecular complexity index is 650. The predicted octanol–water partition coefficient (Wildman–Crippen LogP) is 3.63. The Labute approximate surface area is 129 Å². The smallest absolute Gasteiger partial charge is 0.228 e. The maximum Gasteiger partial charge on any atom is 0.228 e. The first-order valence-corrected chi connectivity index (χ1v) is 8.26. The van der Waals surface area contributed by atoms with Crippen LogP contribution in [0.5, 0.6) is 0 Å². The molecule has 2 atom stereocenters. The van der Waals surface area contributed by atoms with Crippen LogP contribution < -0.4 is 11.1 Å². The molecule has 0 spiro atoms. The zero-order valence-electron chi connectivity index (χ0n) is 12.1. The average Bonchev–Trinajstić information content (AvgIpc) is 2.95. The second kappa shape index (κ2) is 5.90. The number of benzene rings is 1. The SMILES string of the molecule is CC(NC(=O)C1CCCc2sccc21)c1ccccc1N. The summed E-state index contributed by atoms with van der Waals surface area (Å²) >= 11 is 1.76. The molecule has 0 saturated heterocycles. The van der Waals surface area contributed by atoms with Crippen LogP contribution in [0.25, 0.3) is 0 Å². The number of hydrogen-bond donors (Lipinski definition) is 2. The number of nitrogens with two attached hydrogens (primary N) is 1. The molecule has 3 nitrogen and oxygen atoms in total. The number of nitrogen functional groups attached to an aromatic ring is 1. The van der Waals surface area contributed by atoms with E-state index < -0.39 is 0 Å². The fraction of sp³-hybridized carbons (Fsp3) is 0.353. The predicted molar refractivity (Wildman–Crippen MR) is 87.4 cm³/mol. The maximum absolute atomic E-state index is 12.6. The average molecular weight is 300 g/mol. The second-order valence-electron chi connectivity index (χ2n) is 5.60. The van der Waals surface area contributed by atoms with Gasteiger partial charge in [-0.15, -0.1) is 11.3 Å². The number of thiophene rings is 1. The van der Waals surface area contributed by atoms with E-state index in [4.69, 9.17) is 5.73 Å². The van der Waals surface area contributed by atoms with Gasteiger partial charge in [-0.2, -0.15) is 0 Å². The van der Waals surface area contributed by atoms with Gasteiger partial charge in [-0.1, -0.05) is 18.2 Å². The van der Waals surface area contributed by atoms with Crippen LogP contribution in [-0.4, -0.2) is 5.91 Å². The molecule has 4 heteroatoms. The molecule has 1 aliphatic rings. The van der Waals surface area contributed by atoms with Gasteiger partial charge in [0.1, 0.15) is 0 Å². The van der Waals surface area contributed by atoms with Gasteiger partial charge in [0.05, 0.1) is 12.0 Å². The fourth-order valence-electron chi connectivity index (χ4n) is 3.06. The van der Waals surface area contributed by atoms with Crippen LogP contribution in [-0.2, 0) is 11.2 Å². The Balaban J connectivity index is 1.75. The maximum atomic E-state index is 12.6. The number of anilines is 1. The normalized spacial score (nSPS) is 18.8. The number of carbonyl (C=O) groups excluding carboxylic acids is 1. The van der Waals surface area contributed by atoms with Crippen molar-refractivity contribution in [3.05, 3.63) is 51.7 Å². The summed E-state index contributed by atoms with van der Waals surface area (Å²) in [5.41, 5.74) is 8.91. The van der Waals surface area contributed by atoms with Crippen LogP contribution in [0.2, 0.25) is 0 Å². The molecule has 1 heterocycles. The third-order valence-electron chi connectivity index (χ3n) is 4.19. The molecule has 0 bridgehead atoms. The van der Waals surface area contributed by atoms with Crippen LogP contribution in [0, 0.1) is 0 Å². The van der Waals surface area contributed by atoms with Gasteiger partial charge < -0.3 is 11.1 Å². The third kappa shape index (κ3) is 2.81. The zero-order chi connectivity index (χ0) is 14.8. The quantitative estimate of drug-likeness (QED) is 0.851. The molecule has 110 valence electrons. The molecular weight excluding hydrogens is 280 g/mol. The van der Waals surface area contributed by atoms with Gasteiger partial charge in [-0.3, -0.25) is 4.79 Å². The van der Waals surface area contributed by atoms with Crippen LogP contribution >= 0.6 is 11.3 Å². The van der Waals surface area contributed by atoms with Gasteiger partial charge in [-0.05, 0) is 54.8 Å². The van der Waals surface area contributed by atoms with Crippen LogP contribution in [0.15, 0.2) is 35.7 Å². The number of aryl methyl sites for hydroxylation is 1. The van der Waals surface area contributed by atoms with Crippen molar-refractivity contribution in [1.82, 2.24) is 5.32 Å². The monoisotopic (exact) mass is 300 g/mol. The van der Waals surface area contributed by atoms with E-state index in [9.17, 15) is 4.79 Å². The molecule has 21 heavy (non-hydrogen) atoms. The number of hydrogen-bond acceptors (Lipinski definition) is 3. The summed E-state index contributed by atoms with van der Waals surface area (Å²) in [6.07, 6.45) is 3.14. The van der Waals surface area contributed by atoms with E-state index in [-0.39, 0.29) is 17.9 Å². The topological polar surface area (TPSA) is 55.1 Å². The van der Waals surface area contributed by atoms with Crippen molar-refractivity contribution in [2.75, 3.05) is 5.73 Å². The molecular formula is C17H20N2OS. The van der Waals surface area contributed by atoms with E-state index in [2.05, 4.69) is 16.8 Å². The highest BCUT2D eigenvalue weighted by atomic mass is 32.1. The van der Waals surface area contributed by atoms with Gasteiger partial charge >= 0.3 is 0 Å². The Hall–Kier alpha value is -1.81. The lowest BCUT2D eigenvalue weighted by atomic mass is 9.87. The molecule has 1 amide bonds. The van der Waals surface area contributed by atoms with E-state index >= 15 is 0 Å². The van der Waals surface area contributed by atoms with Crippen molar-refractivity contribution >= 4 is 22.9 Å². The third-order valence-corrected chi connectivity index (χ3v) is 5.19. The lowest BCUT2D eigenvalue weighted by molar-refractivity contribution is -0.123. The highest BCUT2D eigenvalue weighted by molar-refractivity contribution is 7.10. The standard InChI is InChI=1S/C17H20N2OS/c1-11(12-5-2-3-7-15(12)18)19-17(20)14-6-4-8-16-13(14)9-10-21-16/h2-3,5,7,9-11,14H,4,6,8,18H2,1H3,(H,19,20). The number of carbonyl (C=O) groups is 1. The molecule has 2 aromatic rings. The molecule has 0 saturated carbocycles. The summed E-state index contributed by atoms with van der Waals surface area (Å²) < 4.78 is 0. The van der Waals surface area contributed by atoms with E-state index in [0.717, 1.165) is 30.5 Å². The van der Waals surface area contributed by atoms with Crippen LogP contribution in [0.1, 0.15) is 47.7 Å². The minimum Gasteiger partial charge on any atom is -0.398 e. The van der Waals surface area contributed by atoms with Crippen molar-refractivity contribution in [1.29, 1.82) is 0 Å². The summed E-state index contributed by atoms with van der Waals surface area (Å²) in [7, 11) is 0. The van der Waals surface area contributed by atoms with Gasteiger partial charge in [0.15, 0.2) is 0 Å². The van der Waals surface area contributed by atoms with Crippen molar-refractivity contribution in [3.8, 4) is 0 Å². The second-order valence-corrected chi connectivity index (χ2v) is 6.60. The lowest BCUT2D eigenvalue weighted by Crippen LogP contribution is -2.33. The van der Waals surface area contributed by atoms with E-state index in [0.29, 0.717) is 0 Å². The molecule has 1 aliphatic carbocycles. The number of nitrogens with one attached hydrogen (secondary N) is 1. The molecule has 3 N–H and O–H groups in total. The molecule has 2 unspecified atom stereocenters. The van der Waals surface area contributed by atoms with Crippen molar-refractivity contribution < 1.29 is 4.79 Å². The first-order valence-electron chi connectivity index (χ1n) is 7.38. The van der Waals surface area contributed by atoms with Gasteiger partial charge in [0, 0.05) is 10.6 Å². The number of para-hydroxylation sites is 1. The van der Waals surface area contributed by atoms with E-state index in [1.54, 1.807) is 11.3 Å². The minimum atomic E-state index is -0.0669. The number of rotatable bonds is 3. The van der Waals surface area contributed by atoms with E-state index in [1.165, 1.54) is 10.4 Å².